The molecule has 0 aliphatic rings. The number of benzene rings is 1. The quantitative estimate of drug-likeness (QED) is 0.316. The Morgan fingerprint density at radius 1 is 1.18 bits per heavy atom. The summed E-state index contributed by atoms with van der Waals surface area (Å²) in [7, 11) is 0. The highest BCUT2D eigenvalue weighted by molar-refractivity contribution is 5.94. The molecule has 1 aromatic carbocycles. The molecule has 0 aromatic heterocycles. The third kappa shape index (κ3) is 5.16. The zero-order valence-electron chi connectivity index (χ0n) is 12.6. The summed E-state index contributed by atoms with van der Waals surface area (Å²) in [5.74, 6) is -2.56. The maximum atomic E-state index is 12.1. The van der Waals surface area contributed by atoms with Gasteiger partial charge in [0.15, 0.2) is 12.0 Å². The Morgan fingerprint density at radius 3 is 2.32 bits per heavy atom. The molecule has 0 saturated heterocycles. The molecule has 0 bridgehead atoms. The van der Waals surface area contributed by atoms with Crippen molar-refractivity contribution >= 4 is 11.9 Å². The van der Waals surface area contributed by atoms with E-state index in [4.69, 9.17) is 9.47 Å². The summed E-state index contributed by atoms with van der Waals surface area (Å²) in [5.41, 5.74) is 0.506. The van der Waals surface area contributed by atoms with Crippen LogP contribution in [0.1, 0.15) is 31.9 Å². The third-order valence-electron chi connectivity index (χ3n) is 3.01. The highest BCUT2D eigenvalue weighted by Gasteiger charge is 2.31. The minimum atomic E-state index is -1.07. The zero-order valence-corrected chi connectivity index (χ0v) is 12.6. The highest BCUT2D eigenvalue weighted by atomic mass is 16.6. The second kappa shape index (κ2) is 8.76. The number of nitro groups is 1. The van der Waals surface area contributed by atoms with Gasteiger partial charge in [-0.2, -0.15) is 0 Å². The first kappa shape index (κ1) is 17.6. The molecule has 2 unspecified atom stereocenters. The van der Waals surface area contributed by atoms with Gasteiger partial charge >= 0.3 is 11.9 Å². The fourth-order valence-electron chi connectivity index (χ4n) is 1.91. The number of carbonyl (C=O) groups excluding carboxylic acids is 2. The normalized spacial score (nSPS) is 13.0. The Bertz CT molecular complexity index is 516. The Labute approximate surface area is 128 Å². The van der Waals surface area contributed by atoms with Gasteiger partial charge in [0.25, 0.3) is 0 Å². The molecule has 7 heteroatoms. The van der Waals surface area contributed by atoms with Gasteiger partial charge in [0, 0.05) is 4.92 Å². The molecule has 1 rings (SSSR count). The van der Waals surface area contributed by atoms with Crippen LogP contribution in [0.25, 0.3) is 0 Å². The van der Waals surface area contributed by atoms with Gasteiger partial charge in [0.05, 0.1) is 6.61 Å². The van der Waals surface area contributed by atoms with Gasteiger partial charge in [-0.1, -0.05) is 37.3 Å². The van der Waals surface area contributed by atoms with Gasteiger partial charge in [-0.15, -0.1) is 0 Å². The predicted molar refractivity (Wildman–Crippen MR) is 77.6 cm³/mol. The van der Waals surface area contributed by atoms with Crippen LogP contribution in [0.3, 0.4) is 0 Å². The largest absolute Gasteiger partial charge is 0.465 e. The van der Waals surface area contributed by atoms with Crippen LogP contribution >= 0.6 is 0 Å². The average molecular weight is 309 g/mol. The highest BCUT2D eigenvalue weighted by Crippen LogP contribution is 2.20. The number of hydrogen-bond donors (Lipinski definition) is 0. The lowest BCUT2D eigenvalue weighted by molar-refractivity contribution is -0.491. The third-order valence-corrected chi connectivity index (χ3v) is 3.01. The van der Waals surface area contributed by atoms with Gasteiger partial charge < -0.3 is 9.47 Å². The van der Waals surface area contributed by atoms with E-state index in [0.29, 0.717) is 5.56 Å². The minimum absolute atomic E-state index is 0.152. The molecule has 120 valence electrons. The monoisotopic (exact) mass is 309 g/mol. The summed E-state index contributed by atoms with van der Waals surface area (Å²) < 4.78 is 10.00. The molecule has 1 aromatic rings. The van der Waals surface area contributed by atoms with Crippen molar-refractivity contribution in [3.8, 4) is 0 Å². The maximum absolute atomic E-state index is 12.1. The molecule has 0 spiro atoms. The molecule has 0 fully saturated rings. The summed E-state index contributed by atoms with van der Waals surface area (Å²) in [5, 5.41) is 10.8. The summed E-state index contributed by atoms with van der Waals surface area (Å²) in [6.45, 7) is 2.87. The van der Waals surface area contributed by atoms with E-state index in [2.05, 4.69) is 0 Å². The summed E-state index contributed by atoms with van der Waals surface area (Å²) >= 11 is 0. The van der Waals surface area contributed by atoms with E-state index >= 15 is 0 Å². The first-order valence-corrected chi connectivity index (χ1v) is 7.03. The molecular weight excluding hydrogens is 290 g/mol. The second-order valence-corrected chi connectivity index (χ2v) is 4.56. The summed E-state index contributed by atoms with van der Waals surface area (Å²) in [6.07, 6.45) is -0.829. The molecule has 0 aliphatic carbocycles. The Balaban J connectivity index is 2.86. The van der Waals surface area contributed by atoms with Crippen molar-refractivity contribution in [1.29, 1.82) is 0 Å². The van der Waals surface area contributed by atoms with Crippen LogP contribution in [0.2, 0.25) is 0 Å². The Hall–Kier alpha value is -2.44. The van der Waals surface area contributed by atoms with Gasteiger partial charge in [0.2, 0.25) is 6.54 Å². The average Bonchev–Trinajstić information content (AvgIpc) is 2.48. The molecule has 2 atom stereocenters. The molecule has 0 heterocycles. The Morgan fingerprint density at radius 2 is 1.82 bits per heavy atom. The molecular formula is C15H19NO6. The van der Waals surface area contributed by atoms with Gasteiger partial charge in [0.1, 0.15) is 0 Å². The number of carbonyl (C=O) groups is 2. The van der Waals surface area contributed by atoms with Crippen molar-refractivity contribution in [2.24, 2.45) is 5.92 Å². The van der Waals surface area contributed by atoms with Crippen LogP contribution in [0.15, 0.2) is 30.3 Å². The number of esters is 2. The van der Waals surface area contributed by atoms with E-state index in [9.17, 15) is 19.7 Å². The van der Waals surface area contributed by atoms with E-state index in [1.165, 1.54) is 0 Å². The lowest BCUT2D eigenvalue weighted by Gasteiger charge is -2.18. The molecule has 0 amide bonds. The topological polar surface area (TPSA) is 95.7 Å². The lowest BCUT2D eigenvalue weighted by Crippen LogP contribution is -2.30. The second-order valence-electron chi connectivity index (χ2n) is 4.56. The van der Waals surface area contributed by atoms with Crippen molar-refractivity contribution in [3.05, 3.63) is 46.0 Å². The van der Waals surface area contributed by atoms with Gasteiger partial charge in [-0.05, 0) is 18.9 Å². The smallest absolute Gasteiger partial charge is 0.321 e. The summed E-state index contributed by atoms with van der Waals surface area (Å²) in [6, 6.07) is 8.40. The number of nitrogens with zero attached hydrogens (tertiary/aromatic N) is 1. The van der Waals surface area contributed by atoms with E-state index < -0.39 is 35.4 Å². The first-order valence-electron chi connectivity index (χ1n) is 7.03. The SMILES string of the molecule is CCOC(=O)C(CC)C(=O)OC(C[N+](=O)[O-])c1ccccc1. The van der Waals surface area contributed by atoms with Crippen molar-refractivity contribution in [1.82, 2.24) is 0 Å². The molecule has 0 N–H and O–H groups in total. The van der Waals surface area contributed by atoms with Crippen molar-refractivity contribution < 1.29 is 24.0 Å². The van der Waals surface area contributed by atoms with E-state index in [1.807, 2.05) is 0 Å². The molecule has 22 heavy (non-hydrogen) atoms. The van der Waals surface area contributed by atoms with Gasteiger partial charge in [-0.3, -0.25) is 19.7 Å². The van der Waals surface area contributed by atoms with Crippen LogP contribution in [-0.2, 0) is 19.1 Å². The fraction of sp³-hybridized carbons (Fsp3) is 0.467. The first-order chi connectivity index (χ1) is 10.5. The summed E-state index contributed by atoms with van der Waals surface area (Å²) in [4.78, 5) is 34.0. The number of hydrogen-bond acceptors (Lipinski definition) is 6. The zero-order chi connectivity index (χ0) is 16.5. The van der Waals surface area contributed by atoms with Crippen LogP contribution in [-0.4, -0.2) is 30.0 Å². The maximum Gasteiger partial charge on any atom is 0.321 e. The van der Waals surface area contributed by atoms with Crippen LogP contribution in [0, 0.1) is 16.0 Å². The van der Waals surface area contributed by atoms with E-state index in [0.717, 1.165) is 0 Å². The molecule has 7 nitrogen and oxygen atoms in total. The number of rotatable bonds is 8. The lowest BCUT2D eigenvalue weighted by atomic mass is 10.1. The van der Waals surface area contributed by atoms with Crippen LogP contribution in [0.5, 0.6) is 0 Å². The number of ether oxygens (including phenoxy) is 2. The molecule has 0 radical (unpaired) electrons. The predicted octanol–water partition coefficient (Wildman–Crippen LogP) is 2.14. The van der Waals surface area contributed by atoms with E-state index in [1.54, 1.807) is 44.2 Å². The van der Waals surface area contributed by atoms with Crippen LogP contribution < -0.4 is 0 Å². The Kier molecular flexibility index (Phi) is 7.01. The van der Waals surface area contributed by atoms with Crippen molar-refractivity contribution in [3.63, 3.8) is 0 Å². The van der Waals surface area contributed by atoms with Crippen molar-refractivity contribution in [2.75, 3.05) is 13.2 Å². The molecule has 0 aliphatic heterocycles. The standard InChI is InChI=1S/C15H19NO6/c1-3-12(14(17)21-4-2)15(18)22-13(10-16(19)20)11-8-6-5-7-9-11/h5-9,12-13H,3-4,10H2,1-2H3. The fourth-order valence-corrected chi connectivity index (χ4v) is 1.91. The minimum Gasteiger partial charge on any atom is -0.465 e. The van der Waals surface area contributed by atoms with E-state index in [-0.39, 0.29) is 13.0 Å². The van der Waals surface area contributed by atoms with Crippen LogP contribution in [0.4, 0.5) is 0 Å². The van der Waals surface area contributed by atoms with Gasteiger partial charge in [-0.25, -0.2) is 0 Å². The van der Waals surface area contributed by atoms with Crippen molar-refractivity contribution in [2.45, 2.75) is 26.4 Å². The molecule has 0 saturated carbocycles.